The minimum absolute atomic E-state index is 0.0943. The molecule has 1 aromatic heterocycles. The van der Waals surface area contributed by atoms with Gasteiger partial charge in [0.1, 0.15) is 0 Å². The average Bonchev–Trinajstić information content (AvgIpc) is 2.36. The van der Waals surface area contributed by atoms with Gasteiger partial charge in [-0.15, -0.1) is 0 Å². The molecule has 0 aliphatic heterocycles. The molecule has 0 saturated heterocycles. The maximum absolute atomic E-state index is 8.82. The van der Waals surface area contributed by atoms with Gasteiger partial charge in [-0.1, -0.05) is 0 Å². The zero-order valence-corrected chi connectivity index (χ0v) is 11.0. The molecule has 0 amide bonds. The van der Waals surface area contributed by atoms with E-state index in [1.54, 1.807) is 0 Å². The fourth-order valence-electron chi connectivity index (χ4n) is 1.68. The Morgan fingerprint density at radius 3 is 1.68 bits per heavy atom. The minimum Gasteiger partial charge on any atom is -0.396 e. The summed E-state index contributed by atoms with van der Waals surface area (Å²) in [6.07, 6.45) is 3.07. The summed E-state index contributed by atoms with van der Waals surface area (Å²) >= 11 is 0. The molecule has 0 bridgehead atoms. The van der Waals surface area contributed by atoms with Crippen LogP contribution in [-0.2, 0) is 0 Å². The maximum Gasteiger partial charge on any atom is 0.231 e. The predicted molar refractivity (Wildman–Crippen MR) is 73.5 cm³/mol. The second-order valence-electron chi connectivity index (χ2n) is 4.20. The Kier molecular flexibility index (Phi) is 6.83. The maximum atomic E-state index is 8.82. The molecule has 0 spiro atoms. The number of rotatable bonds is 9. The molecular formula is C11H22N6O2. The number of aliphatic hydroxyl groups excluding tert-OH is 2. The van der Waals surface area contributed by atoms with Crippen molar-refractivity contribution in [2.45, 2.75) is 25.7 Å². The van der Waals surface area contributed by atoms with Crippen LogP contribution in [0, 0.1) is 0 Å². The van der Waals surface area contributed by atoms with Gasteiger partial charge in [0.15, 0.2) is 0 Å². The van der Waals surface area contributed by atoms with Crippen LogP contribution < -0.4 is 16.4 Å². The number of aliphatic hydroxyl groups is 2. The number of aromatic nitrogens is 3. The lowest BCUT2D eigenvalue weighted by atomic mass is 10.2. The Balaban J connectivity index is 2.69. The lowest BCUT2D eigenvalue weighted by Crippen LogP contribution is -2.28. The molecular weight excluding hydrogens is 248 g/mol. The van der Waals surface area contributed by atoms with Gasteiger partial charge >= 0.3 is 0 Å². The van der Waals surface area contributed by atoms with Gasteiger partial charge in [0.25, 0.3) is 0 Å². The molecule has 1 heterocycles. The predicted octanol–water partition coefficient (Wildman–Crippen LogP) is -0.613. The first-order valence-electron chi connectivity index (χ1n) is 6.41. The van der Waals surface area contributed by atoms with E-state index in [1.165, 1.54) is 0 Å². The van der Waals surface area contributed by atoms with E-state index >= 15 is 0 Å². The summed E-state index contributed by atoms with van der Waals surface area (Å²) in [5.74, 6) is 0.634. The first kappa shape index (κ1) is 15.4. The second kappa shape index (κ2) is 8.44. The van der Waals surface area contributed by atoms with E-state index in [4.69, 9.17) is 21.7 Å². The summed E-state index contributed by atoms with van der Waals surface area (Å²) in [6.45, 7) is 1.72. The van der Waals surface area contributed by atoms with Crippen molar-refractivity contribution >= 4 is 17.8 Å². The van der Waals surface area contributed by atoms with Gasteiger partial charge in [0.05, 0.1) is 0 Å². The van der Waals surface area contributed by atoms with Gasteiger partial charge in [-0.25, -0.2) is 0 Å². The molecule has 8 heteroatoms. The van der Waals surface area contributed by atoms with Crippen LogP contribution in [0.2, 0.25) is 0 Å². The Hall–Kier alpha value is -1.67. The van der Waals surface area contributed by atoms with E-state index in [1.807, 2.05) is 4.90 Å². The van der Waals surface area contributed by atoms with Crippen molar-refractivity contribution in [3.05, 3.63) is 0 Å². The van der Waals surface area contributed by atoms with E-state index in [0.717, 1.165) is 12.8 Å². The summed E-state index contributed by atoms with van der Waals surface area (Å²) < 4.78 is 0. The van der Waals surface area contributed by atoms with Gasteiger partial charge in [0, 0.05) is 26.3 Å². The number of nitrogens with zero attached hydrogens (tertiary/aromatic N) is 4. The monoisotopic (exact) mass is 270 g/mol. The molecule has 19 heavy (non-hydrogen) atoms. The summed E-state index contributed by atoms with van der Waals surface area (Å²) in [5.41, 5.74) is 11.1. The first-order chi connectivity index (χ1) is 9.17. The number of unbranched alkanes of at least 4 members (excludes halogenated alkanes) is 2. The topological polar surface area (TPSA) is 134 Å². The third-order valence-electron chi connectivity index (χ3n) is 2.61. The smallest absolute Gasteiger partial charge is 0.231 e. The second-order valence-corrected chi connectivity index (χ2v) is 4.20. The standard InChI is InChI=1S/C11H22N6O2/c12-9-14-10(13)16-11(15-9)17(5-1-3-7-18)6-2-4-8-19/h18-19H,1-8H2,(H4,12,13,14,15,16). The molecule has 0 atom stereocenters. The Morgan fingerprint density at radius 1 is 0.789 bits per heavy atom. The Morgan fingerprint density at radius 2 is 1.26 bits per heavy atom. The van der Waals surface area contributed by atoms with Crippen molar-refractivity contribution in [1.29, 1.82) is 0 Å². The van der Waals surface area contributed by atoms with Crippen molar-refractivity contribution in [1.82, 2.24) is 15.0 Å². The van der Waals surface area contributed by atoms with Crippen LogP contribution >= 0.6 is 0 Å². The van der Waals surface area contributed by atoms with Gasteiger partial charge in [-0.3, -0.25) is 0 Å². The Labute approximate surface area is 112 Å². The normalized spacial score (nSPS) is 10.6. The number of nitrogens with two attached hydrogens (primary N) is 2. The largest absolute Gasteiger partial charge is 0.396 e. The number of anilines is 3. The van der Waals surface area contributed by atoms with E-state index in [0.29, 0.717) is 31.9 Å². The van der Waals surface area contributed by atoms with Gasteiger partial charge in [-0.05, 0) is 25.7 Å². The van der Waals surface area contributed by atoms with Crippen molar-refractivity contribution in [3.8, 4) is 0 Å². The quantitative estimate of drug-likeness (QED) is 0.436. The van der Waals surface area contributed by atoms with Gasteiger partial charge in [0.2, 0.25) is 17.8 Å². The molecule has 0 fully saturated rings. The highest BCUT2D eigenvalue weighted by Gasteiger charge is 2.11. The van der Waals surface area contributed by atoms with Crippen LogP contribution in [0.25, 0.3) is 0 Å². The lowest BCUT2D eigenvalue weighted by molar-refractivity contribution is 0.282. The van der Waals surface area contributed by atoms with Crippen LogP contribution in [0.4, 0.5) is 17.8 Å². The fourth-order valence-corrected chi connectivity index (χ4v) is 1.68. The molecule has 108 valence electrons. The van der Waals surface area contributed by atoms with Crippen LogP contribution in [-0.4, -0.2) is 51.5 Å². The van der Waals surface area contributed by atoms with E-state index in [9.17, 15) is 0 Å². The zero-order chi connectivity index (χ0) is 14.1. The fraction of sp³-hybridized carbons (Fsp3) is 0.727. The van der Waals surface area contributed by atoms with Crippen molar-refractivity contribution in [2.24, 2.45) is 0 Å². The summed E-state index contributed by atoms with van der Waals surface area (Å²) in [7, 11) is 0. The molecule has 0 unspecified atom stereocenters. The zero-order valence-electron chi connectivity index (χ0n) is 11.0. The molecule has 1 rings (SSSR count). The highest BCUT2D eigenvalue weighted by molar-refractivity contribution is 5.39. The van der Waals surface area contributed by atoms with E-state index in [-0.39, 0.29) is 25.1 Å². The molecule has 1 aromatic rings. The van der Waals surface area contributed by atoms with Crippen LogP contribution in [0.15, 0.2) is 0 Å². The highest BCUT2D eigenvalue weighted by Crippen LogP contribution is 2.12. The van der Waals surface area contributed by atoms with Crippen LogP contribution in [0.1, 0.15) is 25.7 Å². The van der Waals surface area contributed by atoms with Crippen molar-refractivity contribution in [2.75, 3.05) is 42.7 Å². The third-order valence-corrected chi connectivity index (χ3v) is 2.61. The van der Waals surface area contributed by atoms with Gasteiger partial charge in [-0.2, -0.15) is 15.0 Å². The summed E-state index contributed by atoms with van der Waals surface area (Å²) in [6, 6.07) is 0. The third kappa shape index (κ3) is 5.66. The molecule has 8 nitrogen and oxygen atoms in total. The van der Waals surface area contributed by atoms with E-state index < -0.39 is 0 Å². The highest BCUT2D eigenvalue weighted by atomic mass is 16.3. The lowest BCUT2D eigenvalue weighted by Gasteiger charge is -2.22. The number of hydrogen-bond donors (Lipinski definition) is 4. The number of nitrogen functional groups attached to an aromatic ring is 2. The summed E-state index contributed by atoms with van der Waals surface area (Å²) in [4.78, 5) is 13.8. The van der Waals surface area contributed by atoms with Crippen LogP contribution in [0.3, 0.4) is 0 Å². The molecule has 6 N–H and O–H groups in total. The summed E-state index contributed by atoms with van der Waals surface area (Å²) in [5, 5.41) is 17.6. The molecule has 0 saturated carbocycles. The SMILES string of the molecule is Nc1nc(N)nc(N(CCCCO)CCCCO)n1. The van der Waals surface area contributed by atoms with Crippen molar-refractivity contribution in [3.63, 3.8) is 0 Å². The molecule has 0 radical (unpaired) electrons. The van der Waals surface area contributed by atoms with Gasteiger partial charge < -0.3 is 26.6 Å². The molecule has 0 aromatic carbocycles. The van der Waals surface area contributed by atoms with Crippen molar-refractivity contribution < 1.29 is 10.2 Å². The molecule has 0 aliphatic carbocycles. The Bertz CT molecular complexity index is 346. The van der Waals surface area contributed by atoms with E-state index in [2.05, 4.69) is 15.0 Å². The number of hydrogen-bond acceptors (Lipinski definition) is 8. The minimum atomic E-state index is 0.0943. The first-order valence-corrected chi connectivity index (χ1v) is 6.41. The molecule has 0 aliphatic rings. The van der Waals surface area contributed by atoms with Crippen LogP contribution in [0.5, 0.6) is 0 Å². The average molecular weight is 270 g/mol.